The Bertz CT molecular complexity index is 747. The van der Waals surface area contributed by atoms with Gasteiger partial charge in [0.05, 0.1) is 24.0 Å². The summed E-state index contributed by atoms with van der Waals surface area (Å²) in [4.78, 5) is 27.7. The molecule has 6 nitrogen and oxygen atoms in total. The molecule has 1 saturated heterocycles. The van der Waals surface area contributed by atoms with E-state index in [0.29, 0.717) is 18.0 Å². The highest BCUT2D eigenvalue weighted by atomic mass is 32.1. The number of nitrogens with zero attached hydrogens (tertiary/aromatic N) is 1. The van der Waals surface area contributed by atoms with Crippen molar-refractivity contribution in [3.8, 4) is 5.75 Å². The van der Waals surface area contributed by atoms with Gasteiger partial charge in [0.1, 0.15) is 12.4 Å². The standard InChI is InChI=1S/C19H23N3O3S/c20-13-18(23)22-11-4-7-15(22)16-8-9-17(26-16)19(24)21-10-12-25-14-5-2-1-3-6-14/h1-3,5-6,8-9,15H,4,7,10-13,20H2,(H,21,24). The van der Waals surface area contributed by atoms with E-state index < -0.39 is 0 Å². The summed E-state index contributed by atoms with van der Waals surface area (Å²) in [7, 11) is 0. The van der Waals surface area contributed by atoms with E-state index in [1.807, 2.05) is 47.4 Å². The number of ether oxygens (including phenoxy) is 1. The Morgan fingerprint density at radius 1 is 1.23 bits per heavy atom. The van der Waals surface area contributed by atoms with Gasteiger partial charge in [-0.05, 0) is 37.1 Å². The molecule has 138 valence electrons. The molecular weight excluding hydrogens is 350 g/mol. The summed E-state index contributed by atoms with van der Waals surface area (Å²) in [5, 5.41) is 2.86. The van der Waals surface area contributed by atoms with E-state index in [2.05, 4.69) is 5.32 Å². The lowest BCUT2D eigenvalue weighted by Gasteiger charge is -2.23. The monoisotopic (exact) mass is 373 g/mol. The molecule has 3 N–H and O–H groups in total. The second-order valence-corrected chi connectivity index (χ2v) is 7.18. The molecule has 0 aliphatic carbocycles. The van der Waals surface area contributed by atoms with E-state index in [4.69, 9.17) is 10.5 Å². The van der Waals surface area contributed by atoms with E-state index in [0.717, 1.165) is 30.0 Å². The fraction of sp³-hybridized carbons (Fsp3) is 0.368. The molecule has 1 aliphatic heterocycles. The fourth-order valence-electron chi connectivity index (χ4n) is 3.07. The number of hydrogen-bond acceptors (Lipinski definition) is 5. The van der Waals surface area contributed by atoms with Crippen LogP contribution in [0.1, 0.15) is 33.4 Å². The lowest BCUT2D eigenvalue weighted by Crippen LogP contribution is -2.35. The van der Waals surface area contributed by atoms with Crippen molar-refractivity contribution >= 4 is 23.2 Å². The van der Waals surface area contributed by atoms with Gasteiger partial charge in [0.25, 0.3) is 5.91 Å². The highest BCUT2D eigenvalue weighted by Gasteiger charge is 2.30. The van der Waals surface area contributed by atoms with Crippen LogP contribution in [0.3, 0.4) is 0 Å². The van der Waals surface area contributed by atoms with Crippen LogP contribution in [-0.4, -0.2) is 43.0 Å². The maximum Gasteiger partial charge on any atom is 0.261 e. The third-order valence-electron chi connectivity index (χ3n) is 4.33. The van der Waals surface area contributed by atoms with Crippen molar-refractivity contribution in [1.29, 1.82) is 0 Å². The molecule has 1 fully saturated rings. The molecular formula is C19H23N3O3S. The number of rotatable bonds is 7. The largest absolute Gasteiger partial charge is 0.492 e. The van der Waals surface area contributed by atoms with Crippen molar-refractivity contribution in [1.82, 2.24) is 10.2 Å². The minimum atomic E-state index is -0.118. The van der Waals surface area contributed by atoms with Crippen LogP contribution < -0.4 is 15.8 Å². The summed E-state index contributed by atoms with van der Waals surface area (Å²) in [6.07, 6.45) is 1.88. The summed E-state index contributed by atoms with van der Waals surface area (Å²) in [6.45, 7) is 1.60. The predicted molar refractivity (Wildman–Crippen MR) is 101 cm³/mol. The molecule has 1 aromatic heterocycles. The number of nitrogens with two attached hydrogens (primary N) is 1. The number of hydrogen-bond donors (Lipinski definition) is 2. The molecule has 2 heterocycles. The molecule has 26 heavy (non-hydrogen) atoms. The van der Waals surface area contributed by atoms with Crippen molar-refractivity contribution in [3.63, 3.8) is 0 Å². The normalized spacial score (nSPS) is 16.5. The number of carbonyl (C=O) groups is 2. The molecule has 2 amide bonds. The summed E-state index contributed by atoms with van der Waals surface area (Å²) < 4.78 is 5.56. The van der Waals surface area contributed by atoms with Gasteiger partial charge in [0, 0.05) is 11.4 Å². The molecule has 1 atom stereocenters. The van der Waals surface area contributed by atoms with Crippen molar-refractivity contribution in [3.05, 3.63) is 52.2 Å². The number of thiophene rings is 1. The Labute approximate surface area is 156 Å². The van der Waals surface area contributed by atoms with Crippen LogP contribution in [0.5, 0.6) is 5.75 Å². The zero-order chi connectivity index (χ0) is 18.4. The van der Waals surface area contributed by atoms with Crippen molar-refractivity contribution < 1.29 is 14.3 Å². The van der Waals surface area contributed by atoms with Crippen molar-refractivity contribution in [2.45, 2.75) is 18.9 Å². The maximum atomic E-state index is 12.3. The average Bonchev–Trinajstić information content (AvgIpc) is 3.34. The lowest BCUT2D eigenvalue weighted by molar-refractivity contribution is -0.130. The average molecular weight is 373 g/mol. The number of amides is 2. The molecule has 1 aromatic carbocycles. The third-order valence-corrected chi connectivity index (χ3v) is 5.51. The van der Waals surface area contributed by atoms with Crippen molar-refractivity contribution in [2.75, 3.05) is 26.2 Å². The predicted octanol–water partition coefficient (Wildman–Crippen LogP) is 2.18. The third kappa shape index (κ3) is 4.42. The number of benzene rings is 1. The van der Waals surface area contributed by atoms with Crippen LogP contribution in [0.4, 0.5) is 0 Å². The Morgan fingerprint density at radius 3 is 2.81 bits per heavy atom. The Hall–Kier alpha value is -2.38. The quantitative estimate of drug-likeness (QED) is 0.729. The van der Waals surface area contributed by atoms with E-state index >= 15 is 0 Å². The van der Waals surface area contributed by atoms with Crippen LogP contribution in [0, 0.1) is 0 Å². The number of para-hydroxylation sites is 1. The van der Waals surface area contributed by atoms with Gasteiger partial charge >= 0.3 is 0 Å². The van der Waals surface area contributed by atoms with Gasteiger partial charge in [-0.15, -0.1) is 11.3 Å². The molecule has 1 aliphatic rings. The summed E-state index contributed by atoms with van der Waals surface area (Å²) in [6, 6.07) is 13.3. The van der Waals surface area contributed by atoms with Gasteiger partial charge in [0.15, 0.2) is 0 Å². The first-order chi connectivity index (χ1) is 12.7. The van der Waals surface area contributed by atoms with Crippen molar-refractivity contribution in [2.24, 2.45) is 5.73 Å². The van der Waals surface area contributed by atoms with Gasteiger partial charge in [0.2, 0.25) is 5.91 Å². The summed E-state index contributed by atoms with van der Waals surface area (Å²) in [5.41, 5.74) is 5.49. The van der Waals surface area contributed by atoms with Crippen LogP contribution in [0.15, 0.2) is 42.5 Å². The van der Waals surface area contributed by atoms with E-state index in [1.54, 1.807) is 0 Å². The molecule has 0 bridgehead atoms. The number of carbonyl (C=O) groups excluding carboxylic acids is 2. The SMILES string of the molecule is NCC(=O)N1CCCC1c1ccc(C(=O)NCCOc2ccccc2)s1. The first-order valence-electron chi connectivity index (χ1n) is 8.74. The molecule has 0 spiro atoms. The summed E-state index contributed by atoms with van der Waals surface area (Å²) >= 11 is 1.44. The zero-order valence-electron chi connectivity index (χ0n) is 14.5. The molecule has 0 radical (unpaired) electrons. The highest BCUT2D eigenvalue weighted by Crippen LogP contribution is 2.35. The van der Waals surface area contributed by atoms with E-state index in [9.17, 15) is 9.59 Å². The highest BCUT2D eigenvalue weighted by molar-refractivity contribution is 7.14. The van der Waals surface area contributed by atoms with Gasteiger partial charge in [-0.1, -0.05) is 18.2 Å². The Kier molecular flexibility index (Phi) is 6.25. The van der Waals surface area contributed by atoms with Crippen LogP contribution >= 0.6 is 11.3 Å². The smallest absolute Gasteiger partial charge is 0.261 e. The van der Waals surface area contributed by atoms with Gasteiger partial charge in [-0.2, -0.15) is 0 Å². The van der Waals surface area contributed by atoms with E-state index in [-0.39, 0.29) is 24.4 Å². The Balaban J connectivity index is 1.50. The Morgan fingerprint density at radius 2 is 2.04 bits per heavy atom. The first-order valence-corrected chi connectivity index (χ1v) is 9.56. The molecule has 1 unspecified atom stereocenters. The second-order valence-electron chi connectivity index (χ2n) is 6.07. The second kappa shape index (κ2) is 8.82. The van der Waals surface area contributed by atoms with Crippen LogP contribution in [-0.2, 0) is 4.79 Å². The van der Waals surface area contributed by atoms with Gasteiger partial charge in [-0.3, -0.25) is 9.59 Å². The molecule has 3 rings (SSSR count). The summed E-state index contributed by atoms with van der Waals surface area (Å²) in [5.74, 6) is 0.628. The van der Waals surface area contributed by atoms with Gasteiger partial charge < -0.3 is 20.7 Å². The first kappa shape index (κ1) is 18.4. The van der Waals surface area contributed by atoms with E-state index in [1.165, 1.54) is 11.3 Å². The van der Waals surface area contributed by atoms with Gasteiger partial charge in [-0.25, -0.2) is 0 Å². The minimum absolute atomic E-state index is 0.0244. The van der Waals surface area contributed by atoms with Crippen LogP contribution in [0.25, 0.3) is 0 Å². The van der Waals surface area contributed by atoms with Crippen LogP contribution in [0.2, 0.25) is 0 Å². The lowest BCUT2D eigenvalue weighted by atomic mass is 10.2. The maximum absolute atomic E-state index is 12.3. The number of nitrogens with one attached hydrogen (secondary N) is 1. The topological polar surface area (TPSA) is 84.7 Å². The number of likely N-dealkylation sites (tertiary alicyclic amines) is 1. The fourth-order valence-corrected chi connectivity index (χ4v) is 4.14. The molecule has 0 saturated carbocycles. The zero-order valence-corrected chi connectivity index (χ0v) is 15.3. The minimum Gasteiger partial charge on any atom is -0.492 e. The molecule has 7 heteroatoms. The molecule has 2 aromatic rings.